The first-order valence-corrected chi connectivity index (χ1v) is 7.48. The largest absolute Gasteiger partial charge is 0.313 e. The first kappa shape index (κ1) is 13.8. The Bertz CT molecular complexity index is 745. The van der Waals surface area contributed by atoms with Crippen molar-refractivity contribution in [2.45, 2.75) is 19.4 Å². The molecule has 0 aromatic heterocycles. The number of hydrogen-bond acceptors (Lipinski definition) is 1. The molecule has 0 aliphatic carbocycles. The number of aryl methyl sites for hydroxylation is 1. The van der Waals surface area contributed by atoms with E-state index in [2.05, 4.69) is 79.0 Å². The van der Waals surface area contributed by atoms with E-state index in [1.165, 1.54) is 27.5 Å². The van der Waals surface area contributed by atoms with Crippen molar-refractivity contribution < 1.29 is 0 Å². The van der Waals surface area contributed by atoms with E-state index >= 15 is 0 Å². The lowest BCUT2D eigenvalue weighted by molar-refractivity contribution is 0.589. The monoisotopic (exact) mass is 275 g/mol. The Hall–Kier alpha value is -2.12. The molecule has 3 rings (SSSR count). The predicted octanol–water partition coefficient (Wildman–Crippen LogP) is 4.65. The lowest BCUT2D eigenvalue weighted by Gasteiger charge is -2.19. The molecule has 1 atom stereocenters. The summed E-state index contributed by atoms with van der Waals surface area (Å²) in [5.74, 6) is 0. The van der Waals surface area contributed by atoms with Crippen LogP contribution in [0.2, 0.25) is 0 Å². The number of likely N-dealkylation sites (N-methyl/N-ethyl adjacent to an activating group) is 1. The van der Waals surface area contributed by atoms with Gasteiger partial charge in [-0.05, 0) is 47.9 Å². The zero-order valence-corrected chi connectivity index (χ0v) is 12.6. The second-order valence-electron chi connectivity index (χ2n) is 5.58. The maximum Gasteiger partial charge on any atom is 0.0361 e. The van der Waals surface area contributed by atoms with Crippen LogP contribution >= 0.6 is 0 Å². The Kier molecular flexibility index (Phi) is 4.03. The maximum absolute atomic E-state index is 3.46. The lowest BCUT2D eigenvalue weighted by Crippen LogP contribution is -2.19. The third-order valence-corrected chi connectivity index (χ3v) is 4.17. The SMILES string of the molecule is CNC(Cc1ccc2ccccc2c1)c1ccccc1C. The molecular formula is C20H21N. The molecule has 0 bridgehead atoms. The van der Waals surface area contributed by atoms with Crippen molar-refractivity contribution in [1.29, 1.82) is 0 Å². The zero-order valence-electron chi connectivity index (χ0n) is 12.6. The Morgan fingerprint density at radius 2 is 1.57 bits per heavy atom. The highest BCUT2D eigenvalue weighted by Gasteiger charge is 2.12. The predicted molar refractivity (Wildman–Crippen MR) is 90.6 cm³/mol. The molecule has 0 radical (unpaired) electrons. The van der Waals surface area contributed by atoms with E-state index in [0.717, 1.165) is 6.42 Å². The summed E-state index contributed by atoms with van der Waals surface area (Å²) in [6, 6.07) is 24.3. The van der Waals surface area contributed by atoms with Gasteiger partial charge in [-0.1, -0.05) is 66.7 Å². The number of nitrogens with one attached hydrogen (secondary N) is 1. The summed E-state index contributed by atoms with van der Waals surface area (Å²) in [4.78, 5) is 0. The Labute approximate surface area is 126 Å². The summed E-state index contributed by atoms with van der Waals surface area (Å²) in [5, 5.41) is 6.07. The molecule has 0 aliphatic heterocycles. The highest BCUT2D eigenvalue weighted by Crippen LogP contribution is 2.23. The highest BCUT2D eigenvalue weighted by atomic mass is 14.9. The normalized spacial score (nSPS) is 12.5. The van der Waals surface area contributed by atoms with Crippen LogP contribution in [-0.4, -0.2) is 7.05 Å². The van der Waals surface area contributed by atoms with Gasteiger partial charge in [0.15, 0.2) is 0 Å². The molecule has 1 N–H and O–H groups in total. The van der Waals surface area contributed by atoms with Crippen LogP contribution < -0.4 is 5.32 Å². The van der Waals surface area contributed by atoms with Gasteiger partial charge < -0.3 is 5.32 Å². The average Bonchev–Trinajstić information content (AvgIpc) is 2.53. The molecule has 0 aliphatic rings. The van der Waals surface area contributed by atoms with Gasteiger partial charge in [-0.2, -0.15) is 0 Å². The van der Waals surface area contributed by atoms with Gasteiger partial charge >= 0.3 is 0 Å². The fraction of sp³-hybridized carbons (Fsp3) is 0.200. The third kappa shape index (κ3) is 2.98. The van der Waals surface area contributed by atoms with E-state index in [1.54, 1.807) is 0 Å². The number of fused-ring (bicyclic) bond motifs is 1. The van der Waals surface area contributed by atoms with Crippen LogP contribution in [-0.2, 0) is 6.42 Å². The molecule has 1 nitrogen and oxygen atoms in total. The number of rotatable bonds is 4. The fourth-order valence-electron chi connectivity index (χ4n) is 2.95. The quantitative estimate of drug-likeness (QED) is 0.730. The molecule has 1 unspecified atom stereocenters. The molecule has 0 fully saturated rings. The average molecular weight is 275 g/mol. The van der Waals surface area contributed by atoms with Crippen LogP contribution in [0.25, 0.3) is 10.8 Å². The Balaban J connectivity index is 1.90. The minimum absolute atomic E-state index is 0.354. The maximum atomic E-state index is 3.46. The van der Waals surface area contributed by atoms with Gasteiger partial charge in [0.1, 0.15) is 0 Å². The topological polar surface area (TPSA) is 12.0 Å². The van der Waals surface area contributed by atoms with Crippen molar-refractivity contribution in [2.75, 3.05) is 7.05 Å². The first-order valence-electron chi connectivity index (χ1n) is 7.48. The molecule has 21 heavy (non-hydrogen) atoms. The van der Waals surface area contributed by atoms with E-state index < -0.39 is 0 Å². The molecule has 0 saturated heterocycles. The van der Waals surface area contributed by atoms with E-state index in [4.69, 9.17) is 0 Å². The molecule has 0 amide bonds. The van der Waals surface area contributed by atoms with Gasteiger partial charge in [0.25, 0.3) is 0 Å². The van der Waals surface area contributed by atoms with Gasteiger partial charge in [0.05, 0.1) is 0 Å². The van der Waals surface area contributed by atoms with Crippen molar-refractivity contribution in [1.82, 2.24) is 5.32 Å². The van der Waals surface area contributed by atoms with Gasteiger partial charge in [-0.25, -0.2) is 0 Å². The second-order valence-corrected chi connectivity index (χ2v) is 5.58. The van der Waals surface area contributed by atoms with Gasteiger partial charge in [0, 0.05) is 6.04 Å². The summed E-state index contributed by atoms with van der Waals surface area (Å²) in [7, 11) is 2.04. The van der Waals surface area contributed by atoms with Gasteiger partial charge in [0.2, 0.25) is 0 Å². The van der Waals surface area contributed by atoms with Crippen molar-refractivity contribution in [3.8, 4) is 0 Å². The summed E-state index contributed by atoms with van der Waals surface area (Å²) in [6.45, 7) is 2.18. The Morgan fingerprint density at radius 3 is 2.33 bits per heavy atom. The van der Waals surface area contributed by atoms with Crippen LogP contribution in [0, 0.1) is 6.92 Å². The van der Waals surface area contributed by atoms with Crippen molar-refractivity contribution in [3.63, 3.8) is 0 Å². The number of hydrogen-bond donors (Lipinski definition) is 1. The lowest BCUT2D eigenvalue weighted by atomic mass is 9.94. The molecule has 0 heterocycles. The van der Waals surface area contributed by atoms with Gasteiger partial charge in [-0.15, -0.1) is 0 Å². The third-order valence-electron chi connectivity index (χ3n) is 4.17. The van der Waals surface area contributed by atoms with Crippen molar-refractivity contribution in [3.05, 3.63) is 83.4 Å². The molecule has 1 heteroatoms. The fourth-order valence-corrected chi connectivity index (χ4v) is 2.95. The molecular weight excluding hydrogens is 254 g/mol. The van der Waals surface area contributed by atoms with Crippen LogP contribution in [0.1, 0.15) is 22.7 Å². The van der Waals surface area contributed by atoms with Crippen LogP contribution in [0.15, 0.2) is 66.7 Å². The zero-order chi connectivity index (χ0) is 14.7. The van der Waals surface area contributed by atoms with Crippen LogP contribution in [0.5, 0.6) is 0 Å². The highest BCUT2D eigenvalue weighted by molar-refractivity contribution is 5.83. The molecule has 0 saturated carbocycles. The standard InChI is InChI=1S/C20H21N/c1-15-7-3-6-10-19(15)20(21-2)14-16-11-12-17-8-4-5-9-18(17)13-16/h3-13,20-21H,14H2,1-2H3. The summed E-state index contributed by atoms with van der Waals surface area (Å²) in [6.07, 6.45) is 1.01. The molecule has 0 spiro atoms. The first-order chi connectivity index (χ1) is 10.3. The van der Waals surface area contributed by atoms with Crippen molar-refractivity contribution in [2.24, 2.45) is 0 Å². The second kappa shape index (κ2) is 6.11. The summed E-state index contributed by atoms with van der Waals surface area (Å²) in [5.41, 5.74) is 4.10. The van der Waals surface area contributed by atoms with Crippen LogP contribution in [0.4, 0.5) is 0 Å². The Morgan fingerprint density at radius 1 is 0.857 bits per heavy atom. The van der Waals surface area contributed by atoms with E-state index in [-0.39, 0.29) is 0 Å². The van der Waals surface area contributed by atoms with Crippen LogP contribution in [0.3, 0.4) is 0 Å². The molecule has 106 valence electrons. The van der Waals surface area contributed by atoms with E-state index in [9.17, 15) is 0 Å². The summed E-state index contributed by atoms with van der Waals surface area (Å²) >= 11 is 0. The smallest absolute Gasteiger partial charge is 0.0361 e. The minimum atomic E-state index is 0.354. The van der Waals surface area contributed by atoms with Crippen molar-refractivity contribution >= 4 is 10.8 Å². The molecule has 3 aromatic carbocycles. The van der Waals surface area contributed by atoms with E-state index in [1.807, 2.05) is 7.05 Å². The van der Waals surface area contributed by atoms with Gasteiger partial charge in [-0.3, -0.25) is 0 Å². The summed E-state index contributed by atoms with van der Waals surface area (Å²) < 4.78 is 0. The number of benzene rings is 3. The molecule has 3 aromatic rings. The minimum Gasteiger partial charge on any atom is -0.313 e. The van der Waals surface area contributed by atoms with E-state index in [0.29, 0.717) is 6.04 Å².